The van der Waals surface area contributed by atoms with Gasteiger partial charge in [0.25, 0.3) is 5.91 Å². The number of amides is 3. The van der Waals surface area contributed by atoms with E-state index in [1.165, 1.54) is 24.3 Å². The van der Waals surface area contributed by atoms with Crippen LogP contribution in [0.2, 0.25) is 0 Å². The van der Waals surface area contributed by atoms with E-state index < -0.39 is 50.6 Å². The van der Waals surface area contributed by atoms with Crippen LogP contribution in [-0.2, 0) is 24.4 Å². The van der Waals surface area contributed by atoms with Crippen molar-refractivity contribution in [3.63, 3.8) is 0 Å². The number of allylic oxidation sites excluding steroid dienone is 1. The van der Waals surface area contributed by atoms with Crippen molar-refractivity contribution in [3.05, 3.63) is 42.4 Å². The van der Waals surface area contributed by atoms with E-state index in [1.807, 2.05) is 12.2 Å². The highest BCUT2D eigenvalue weighted by atomic mass is 32.2. The van der Waals surface area contributed by atoms with Gasteiger partial charge in [-0.2, -0.15) is 0 Å². The highest BCUT2D eigenvalue weighted by Crippen LogP contribution is 2.46. The Morgan fingerprint density at radius 3 is 2.72 bits per heavy atom. The number of nitrogens with zero attached hydrogens (tertiary/aromatic N) is 2. The fourth-order valence-electron chi connectivity index (χ4n) is 7.02. The van der Waals surface area contributed by atoms with Gasteiger partial charge in [-0.25, -0.2) is 17.8 Å². The monoisotopic (exact) mass is 670 g/mol. The van der Waals surface area contributed by atoms with Crippen LogP contribution in [0.25, 0.3) is 10.8 Å². The Kier molecular flexibility index (Phi) is 9.21. The Hall–Kier alpha value is -3.74. The van der Waals surface area contributed by atoms with Gasteiger partial charge in [0.2, 0.25) is 27.7 Å². The molecule has 2 saturated carbocycles. The summed E-state index contributed by atoms with van der Waals surface area (Å²) in [5, 5.41) is 3.36. The van der Waals surface area contributed by atoms with Crippen LogP contribution in [0.15, 0.2) is 36.5 Å². The molecule has 3 fully saturated rings. The van der Waals surface area contributed by atoms with E-state index in [-0.39, 0.29) is 55.2 Å². The number of carbonyl (C=O) groups excluding carboxylic acids is 3. The summed E-state index contributed by atoms with van der Waals surface area (Å²) in [7, 11) is -2.46. The number of fused-ring (bicyclic) bond motifs is 3. The molecular weight excluding hydrogens is 627 g/mol. The number of methoxy groups -OCH3 is 1. The van der Waals surface area contributed by atoms with Crippen LogP contribution >= 0.6 is 0 Å². The Labute approximate surface area is 274 Å². The Morgan fingerprint density at radius 1 is 1.21 bits per heavy atom. The smallest absolute Gasteiger partial charge is 0.259 e. The van der Waals surface area contributed by atoms with Crippen molar-refractivity contribution in [2.45, 2.75) is 94.6 Å². The van der Waals surface area contributed by atoms with E-state index >= 15 is 0 Å². The third-order valence-electron chi connectivity index (χ3n) is 10.1. The quantitative estimate of drug-likeness (QED) is 0.421. The minimum Gasteiger partial charge on any atom is -0.494 e. The molecule has 0 spiro atoms. The number of nitrogens with one attached hydrogen (secondary N) is 2. The molecular formula is C34H43FN4O7S. The first-order chi connectivity index (χ1) is 22.4. The second-order valence-electron chi connectivity index (χ2n) is 13.6. The first-order valence-corrected chi connectivity index (χ1v) is 18.1. The van der Waals surface area contributed by atoms with Crippen LogP contribution < -0.4 is 19.5 Å². The number of hydrogen-bond acceptors (Lipinski definition) is 8. The Bertz CT molecular complexity index is 1700. The highest BCUT2D eigenvalue weighted by Gasteiger charge is 2.62. The molecule has 47 heavy (non-hydrogen) atoms. The van der Waals surface area contributed by atoms with Crippen molar-refractivity contribution in [1.29, 1.82) is 0 Å². The molecule has 0 bridgehead atoms. The summed E-state index contributed by atoms with van der Waals surface area (Å²) in [5.74, 6) is -1.70. The molecule has 2 N–H and O–H groups in total. The van der Waals surface area contributed by atoms with Crippen molar-refractivity contribution in [1.82, 2.24) is 19.9 Å². The van der Waals surface area contributed by atoms with Crippen molar-refractivity contribution >= 4 is 38.5 Å². The van der Waals surface area contributed by atoms with E-state index in [0.717, 1.165) is 25.7 Å². The molecule has 4 aliphatic rings. The maximum atomic E-state index is 14.7. The number of rotatable bonds is 7. The zero-order valence-electron chi connectivity index (χ0n) is 27.0. The molecule has 2 aromatic rings. The first kappa shape index (κ1) is 33.2. The molecule has 13 heteroatoms. The van der Waals surface area contributed by atoms with Gasteiger partial charge in [-0.3, -0.25) is 19.1 Å². The summed E-state index contributed by atoms with van der Waals surface area (Å²) in [4.78, 5) is 47.4. The van der Waals surface area contributed by atoms with Gasteiger partial charge < -0.3 is 19.7 Å². The van der Waals surface area contributed by atoms with Crippen LogP contribution in [0.4, 0.5) is 4.39 Å². The molecule has 254 valence electrons. The normalized spacial score (nSPS) is 30.7. The van der Waals surface area contributed by atoms with Gasteiger partial charge in [0.1, 0.15) is 17.7 Å². The number of pyridine rings is 1. The Balaban J connectivity index is 1.29. The van der Waals surface area contributed by atoms with E-state index in [4.69, 9.17) is 9.47 Å². The summed E-state index contributed by atoms with van der Waals surface area (Å²) in [6.45, 7) is 4.32. The first-order valence-electron chi connectivity index (χ1n) is 16.6. The average molecular weight is 671 g/mol. The molecule has 11 nitrogen and oxygen atoms in total. The topological polar surface area (TPSA) is 144 Å². The molecule has 2 aliphatic carbocycles. The van der Waals surface area contributed by atoms with Crippen molar-refractivity contribution in [2.75, 3.05) is 13.7 Å². The molecule has 6 atom stereocenters. The molecule has 6 rings (SSSR count). The SMILES string of the molecule is CC[C@H]1CC(=O)N2C[C@H](Oc3nccc4cc(OC)c(F)cc34)C[C@H]2C(=O)N[C@]2(C(=O)NS(=O)(=O)C3CC3)C[C@H]2/C=C\CC[C@@H](C)C1. The zero-order chi connectivity index (χ0) is 33.5. The van der Waals surface area contributed by atoms with E-state index in [1.54, 1.807) is 12.1 Å². The van der Waals surface area contributed by atoms with Gasteiger partial charge in [0, 0.05) is 30.3 Å². The average Bonchev–Trinajstić information content (AvgIpc) is 3.95. The van der Waals surface area contributed by atoms with Gasteiger partial charge in [-0.1, -0.05) is 32.4 Å². The molecule has 0 unspecified atom stereocenters. The van der Waals surface area contributed by atoms with Gasteiger partial charge >= 0.3 is 0 Å². The van der Waals surface area contributed by atoms with Gasteiger partial charge in [0.05, 0.1) is 18.9 Å². The summed E-state index contributed by atoms with van der Waals surface area (Å²) in [6, 6.07) is 3.58. The number of hydrogen-bond donors (Lipinski definition) is 2. The van der Waals surface area contributed by atoms with Gasteiger partial charge in [0.15, 0.2) is 11.6 Å². The molecule has 1 aromatic carbocycles. The number of halogens is 1. The third kappa shape index (κ3) is 6.95. The van der Waals surface area contributed by atoms with Crippen molar-refractivity contribution in [3.8, 4) is 11.6 Å². The minimum atomic E-state index is -3.84. The molecule has 3 heterocycles. The summed E-state index contributed by atoms with van der Waals surface area (Å²) >= 11 is 0. The van der Waals surface area contributed by atoms with Crippen LogP contribution in [-0.4, -0.2) is 72.6 Å². The maximum absolute atomic E-state index is 14.7. The van der Waals surface area contributed by atoms with Crippen molar-refractivity contribution < 1.29 is 36.7 Å². The van der Waals surface area contributed by atoms with E-state index in [2.05, 4.69) is 28.9 Å². The number of ether oxygens (including phenoxy) is 2. The number of sulfonamides is 1. The van der Waals surface area contributed by atoms with Crippen molar-refractivity contribution in [2.24, 2.45) is 17.8 Å². The van der Waals surface area contributed by atoms with Crippen LogP contribution in [0.1, 0.15) is 71.6 Å². The Morgan fingerprint density at radius 2 is 2.00 bits per heavy atom. The number of benzene rings is 1. The fourth-order valence-corrected chi connectivity index (χ4v) is 8.38. The number of carbonyl (C=O) groups is 3. The molecule has 3 amide bonds. The van der Waals surface area contributed by atoms with Gasteiger partial charge in [-0.05, 0) is 73.9 Å². The van der Waals surface area contributed by atoms with Crippen LogP contribution in [0.3, 0.4) is 0 Å². The van der Waals surface area contributed by atoms with Crippen LogP contribution in [0, 0.1) is 23.6 Å². The summed E-state index contributed by atoms with van der Waals surface area (Å²) in [5.41, 5.74) is -1.44. The zero-order valence-corrected chi connectivity index (χ0v) is 27.9. The second kappa shape index (κ2) is 13.0. The third-order valence-corrected chi connectivity index (χ3v) is 11.9. The standard InChI is InChI=1S/C34H43FN4O7S/c1-4-21-13-20(2)7-5-6-8-23-18-34(23,33(42)38-47(43,44)25-9-10-25)37-31(41)28-16-24(19-39(28)30(40)14-21)46-32-26-17-27(35)29(45-3)15-22(26)11-12-36-32/h6,8,11-12,15,17,20-21,23-25,28H,4-5,7,9-10,13-14,16,18-19H2,1-3H3,(H,37,41)(H,38,42)/b8-6-/t20-,21-,23-,24-,28+,34-/m1/s1. The number of aromatic nitrogens is 1. The minimum absolute atomic E-state index is 0.0830. The predicted octanol–water partition coefficient (Wildman–Crippen LogP) is 4.01. The predicted molar refractivity (Wildman–Crippen MR) is 172 cm³/mol. The molecule has 1 saturated heterocycles. The lowest BCUT2D eigenvalue weighted by molar-refractivity contribution is -0.140. The molecule has 0 radical (unpaired) electrons. The largest absolute Gasteiger partial charge is 0.494 e. The van der Waals surface area contributed by atoms with E-state index in [9.17, 15) is 27.2 Å². The fraction of sp³-hybridized carbons (Fsp3) is 0.588. The highest BCUT2D eigenvalue weighted by molar-refractivity contribution is 7.91. The van der Waals surface area contributed by atoms with Crippen LogP contribution in [0.5, 0.6) is 11.6 Å². The lowest BCUT2D eigenvalue weighted by Crippen LogP contribution is -2.56. The lowest BCUT2D eigenvalue weighted by atomic mass is 9.88. The van der Waals surface area contributed by atoms with Gasteiger partial charge in [-0.15, -0.1) is 0 Å². The maximum Gasteiger partial charge on any atom is 0.259 e. The molecule has 1 aromatic heterocycles. The second-order valence-corrected chi connectivity index (χ2v) is 15.6. The van der Waals surface area contributed by atoms with E-state index in [0.29, 0.717) is 29.5 Å². The molecule has 2 aliphatic heterocycles. The summed E-state index contributed by atoms with van der Waals surface area (Å²) in [6.07, 6.45) is 9.77. The summed E-state index contributed by atoms with van der Waals surface area (Å²) < 4.78 is 53.7. The lowest BCUT2D eigenvalue weighted by Gasteiger charge is -2.28.